The molecule has 3 aromatic rings. The first-order valence-corrected chi connectivity index (χ1v) is 7.12. The number of hydrogen-bond acceptors (Lipinski definition) is 4. The number of ether oxygens (including phenoxy) is 1. The highest BCUT2D eigenvalue weighted by Crippen LogP contribution is 2.27. The molecule has 98 valence electrons. The van der Waals surface area contributed by atoms with Gasteiger partial charge >= 0.3 is 0 Å². The standard InChI is InChI=1S/C15H9ClN2OS/c16-11-7-10(8-17)5-6-13(11)19-9-15-18-12-3-1-2-4-14(12)20-15/h1-7H,9H2. The van der Waals surface area contributed by atoms with Crippen molar-refractivity contribution < 1.29 is 4.74 Å². The molecule has 0 atom stereocenters. The number of fused-ring (bicyclic) bond motifs is 1. The van der Waals surface area contributed by atoms with E-state index >= 15 is 0 Å². The predicted molar refractivity (Wildman–Crippen MR) is 80.1 cm³/mol. The van der Waals surface area contributed by atoms with Gasteiger partial charge in [0.25, 0.3) is 0 Å². The average Bonchev–Trinajstić information content (AvgIpc) is 2.88. The van der Waals surface area contributed by atoms with Gasteiger partial charge in [0.05, 0.1) is 26.9 Å². The van der Waals surface area contributed by atoms with Gasteiger partial charge in [0.2, 0.25) is 0 Å². The first kappa shape index (κ1) is 12.9. The number of rotatable bonds is 3. The van der Waals surface area contributed by atoms with Crippen LogP contribution in [0.15, 0.2) is 42.5 Å². The summed E-state index contributed by atoms with van der Waals surface area (Å²) in [7, 11) is 0. The molecular weight excluding hydrogens is 292 g/mol. The molecule has 0 aliphatic carbocycles. The first-order valence-electron chi connectivity index (χ1n) is 5.93. The summed E-state index contributed by atoms with van der Waals surface area (Å²) in [4.78, 5) is 4.49. The molecule has 0 bridgehead atoms. The lowest BCUT2D eigenvalue weighted by atomic mass is 10.2. The molecule has 0 saturated carbocycles. The van der Waals surface area contributed by atoms with Crippen LogP contribution < -0.4 is 4.74 Å². The summed E-state index contributed by atoms with van der Waals surface area (Å²) in [6.45, 7) is 0.366. The summed E-state index contributed by atoms with van der Waals surface area (Å²) in [5.74, 6) is 0.560. The van der Waals surface area contributed by atoms with Crippen LogP contribution in [0.2, 0.25) is 5.02 Å². The summed E-state index contributed by atoms with van der Waals surface area (Å²) >= 11 is 7.66. The summed E-state index contributed by atoms with van der Waals surface area (Å²) in [5, 5.41) is 10.1. The van der Waals surface area contributed by atoms with Gasteiger partial charge in [-0.05, 0) is 30.3 Å². The molecule has 0 fully saturated rings. The van der Waals surface area contributed by atoms with Gasteiger partial charge in [0, 0.05) is 0 Å². The highest BCUT2D eigenvalue weighted by atomic mass is 35.5. The van der Waals surface area contributed by atoms with E-state index < -0.39 is 0 Å². The van der Waals surface area contributed by atoms with Crippen molar-refractivity contribution in [3.05, 3.63) is 58.1 Å². The number of halogens is 1. The fourth-order valence-electron chi connectivity index (χ4n) is 1.81. The topological polar surface area (TPSA) is 45.9 Å². The molecule has 0 spiro atoms. The molecule has 0 amide bonds. The Morgan fingerprint density at radius 1 is 1.25 bits per heavy atom. The summed E-state index contributed by atoms with van der Waals surface area (Å²) < 4.78 is 6.79. The van der Waals surface area contributed by atoms with Crippen LogP contribution in [0.5, 0.6) is 5.75 Å². The van der Waals surface area contributed by atoms with Crippen LogP contribution in [0.1, 0.15) is 10.6 Å². The van der Waals surface area contributed by atoms with Crippen molar-refractivity contribution in [3.8, 4) is 11.8 Å². The minimum absolute atomic E-state index is 0.366. The van der Waals surface area contributed by atoms with E-state index in [1.807, 2.05) is 30.3 Å². The molecule has 2 aromatic carbocycles. The lowest BCUT2D eigenvalue weighted by molar-refractivity contribution is 0.306. The van der Waals surface area contributed by atoms with E-state index in [1.54, 1.807) is 29.5 Å². The Hall–Kier alpha value is -2.09. The molecule has 1 heterocycles. The molecule has 1 aromatic heterocycles. The average molecular weight is 301 g/mol. The molecule has 3 rings (SSSR count). The highest BCUT2D eigenvalue weighted by Gasteiger charge is 2.07. The van der Waals surface area contributed by atoms with Crippen molar-refractivity contribution in [2.45, 2.75) is 6.61 Å². The minimum atomic E-state index is 0.366. The summed E-state index contributed by atoms with van der Waals surface area (Å²) in [5.41, 5.74) is 1.49. The van der Waals surface area contributed by atoms with Crippen LogP contribution in [0.4, 0.5) is 0 Å². The number of nitriles is 1. The second-order valence-electron chi connectivity index (χ2n) is 4.12. The predicted octanol–water partition coefficient (Wildman–Crippen LogP) is 4.40. The van der Waals surface area contributed by atoms with Gasteiger partial charge in [-0.1, -0.05) is 23.7 Å². The molecule has 5 heteroatoms. The number of nitrogens with zero attached hydrogens (tertiary/aromatic N) is 2. The first-order chi connectivity index (χ1) is 9.76. The van der Waals surface area contributed by atoms with E-state index in [0.29, 0.717) is 22.9 Å². The number of hydrogen-bond donors (Lipinski definition) is 0. The van der Waals surface area contributed by atoms with E-state index in [2.05, 4.69) is 4.98 Å². The van der Waals surface area contributed by atoms with Crippen molar-refractivity contribution in [1.29, 1.82) is 5.26 Å². The molecular formula is C15H9ClN2OS. The zero-order chi connectivity index (χ0) is 13.9. The van der Waals surface area contributed by atoms with E-state index in [1.165, 1.54) is 0 Å². The number of para-hydroxylation sites is 1. The molecule has 0 aliphatic rings. The van der Waals surface area contributed by atoms with Crippen molar-refractivity contribution >= 4 is 33.2 Å². The Balaban J connectivity index is 1.77. The lowest BCUT2D eigenvalue weighted by Gasteiger charge is -2.05. The van der Waals surface area contributed by atoms with Crippen LogP contribution in [-0.4, -0.2) is 4.98 Å². The Morgan fingerprint density at radius 2 is 2.10 bits per heavy atom. The van der Waals surface area contributed by atoms with Crippen LogP contribution in [0.25, 0.3) is 10.2 Å². The minimum Gasteiger partial charge on any atom is -0.485 e. The monoisotopic (exact) mass is 300 g/mol. The third-order valence-electron chi connectivity index (χ3n) is 2.75. The number of aromatic nitrogens is 1. The molecule has 0 aliphatic heterocycles. The van der Waals surface area contributed by atoms with Gasteiger partial charge in [-0.25, -0.2) is 4.98 Å². The van der Waals surface area contributed by atoms with Crippen molar-refractivity contribution in [2.75, 3.05) is 0 Å². The Kier molecular flexibility index (Phi) is 3.55. The smallest absolute Gasteiger partial charge is 0.140 e. The number of benzene rings is 2. The third kappa shape index (κ3) is 2.60. The van der Waals surface area contributed by atoms with Gasteiger partial charge < -0.3 is 4.74 Å². The van der Waals surface area contributed by atoms with Gasteiger partial charge in [-0.15, -0.1) is 11.3 Å². The highest BCUT2D eigenvalue weighted by molar-refractivity contribution is 7.18. The fraction of sp³-hybridized carbons (Fsp3) is 0.0667. The maximum atomic E-state index is 8.78. The summed E-state index contributed by atoms with van der Waals surface area (Å²) in [6, 6.07) is 15.0. The van der Waals surface area contributed by atoms with Crippen LogP contribution in [-0.2, 0) is 6.61 Å². The third-order valence-corrected chi connectivity index (χ3v) is 4.06. The van der Waals surface area contributed by atoms with Gasteiger partial charge in [-0.2, -0.15) is 5.26 Å². The van der Waals surface area contributed by atoms with Crippen LogP contribution in [0, 0.1) is 11.3 Å². The maximum absolute atomic E-state index is 8.78. The van der Waals surface area contributed by atoms with Crippen LogP contribution in [0.3, 0.4) is 0 Å². The SMILES string of the molecule is N#Cc1ccc(OCc2nc3ccccc3s2)c(Cl)c1. The Bertz CT molecular complexity index is 774. The second kappa shape index (κ2) is 5.49. The quantitative estimate of drug-likeness (QED) is 0.720. The van der Waals surface area contributed by atoms with E-state index in [9.17, 15) is 0 Å². The molecule has 0 unspecified atom stereocenters. The van der Waals surface area contributed by atoms with Crippen molar-refractivity contribution in [2.24, 2.45) is 0 Å². The van der Waals surface area contributed by atoms with Crippen molar-refractivity contribution in [1.82, 2.24) is 4.98 Å². The van der Waals surface area contributed by atoms with Gasteiger partial charge in [-0.3, -0.25) is 0 Å². The van der Waals surface area contributed by atoms with E-state index in [-0.39, 0.29) is 0 Å². The Morgan fingerprint density at radius 3 is 2.85 bits per heavy atom. The second-order valence-corrected chi connectivity index (χ2v) is 5.64. The summed E-state index contributed by atoms with van der Waals surface area (Å²) in [6.07, 6.45) is 0. The van der Waals surface area contributed by atoms with E-state index in [4.69, 9.17) is 21.6 Å². The van der Waals surface area contributed by atoms with E-state index in [0.717, 1.165) is 15.2 Å². The van der Waals surface area contributed by atoms with Gasteiger partial charge in [0.15, 0.2) is 0 Å². The fourth-order valence-corrected chi connectivity index (χ4v) is 2.92. The molecule has 0 N–H and O–H groups in total. The van der Waals surface area contributed by atoms with Gasteiger partial charge in [0.1, 0.15) is 17.4 Å². The van der Waals surface area contributed by atoms with Crippen LogP contribution >= 0.6 is 22.9 Å². The zero-order valence-corrected chi connectivity index (χ0v) is 11.9. The molecule has 0 saturated heterocycles. The lowest BCUT2D eigenvalue weighted by Crippen LogP contribution is -1.95. The maximum Gasteiger partial charge on any atom is 0.140 e. The largest absolute Gasteiger partial charge is 0.485 e. The Labute approximate surface area is 125 Å². The molecule has 3 nitrogen and oxygen atoms in total. The number of thiazole rings is 1. The molecule has 20 heavy (non-hydrogen) atoms. The molecule has 0 radical (unpaired) electrons. The van der Waals surface area contributed by atoms with Crippen molar-refractivity contribution in [3.63, 3.8) is 0 Å². The normalized spacial score (nSPS) is 10.4. The zero-order valence-electron chi connectivity index (χ0n) is 10.3.